The van der Waals surface area contributed by atoms with Gasteiger partial charge in [-0.2, -0.15) is 0 Å². The number of nitrogens with one attached hydrogen (secondary N) is 3. The summed E-state index contributed by atoms with van der Waals surface area (Å²) in [6, 6.07) is 24.6. The smallest absolute Gasteiger partial charge is 0.270 e. The molecule has 2 amide bonds. The van der Waals surface area contributed by atoms with Gasteiger partial charge < -0.3 is 9.72 Å². The zero-order valence-electron chi connectivity index (χ0n) is 18.4. The number of ether oxygens (including phenoxy) is 1. The second kappa shape index (κ2) is 9.48. The van der Waals surface area contributed by atoms with E-state index in [9.17, 15) is 14.4 Å². The van der Waals surface area contributed by atoms with Gasteiger partial charge in [0.1, 0.15) is 17.9 Å². The molecule has 2 heterocycles. The molecule has 0 saturated carbocycles. The summed E-state index contributed by atoms with van der Waals surface area (Å²) >= 11 is 0. The summed E-state index contributed by atoms with van der Waals surface area (Å²) < 4.78 is 5.93. The third-order valence-electron chi connectivity index (χ3n) is 5.49. The Hall–Kier alpha value is -4.98. The fourth-order valence-corrected chi connectivity index (χ4v) is 3.75. The molecule has 3 aromatic carbocycles. The minimum Gasteiger partial charge on any atom is -0.487 e. The maximum atomic E-state index is 12.6. The Kier molecular flexibility index (Phi) is 5.92. The van der Waals surface area contributed by atoms with E-state index in [-0.39, 0.29) is 5.56 Å². The van der Waals surface area contributed by atoms with Crippen molar-refractivity contribution in [1.82, 2.24) is 20.8 Å². The van der Waals surface area contributed by atoms with Crippen LogP contribution in [0.3, 0.4) is 0 Å². The van der Waals surface area contributed by atoms with Gasteiger partial charge in [-0.3, -0.25) is 30.2 Å². The van der Waals surface area contributed by atoms with Gasteiger partial charge in [0.15, 0.2) is 0 Å². The van der Waals surface area contributed by atoms with Gasteiger partial charge in [0.05, 0.1) is 5.56 Å². The maximum absolute atomic E-state index is 12.6. The molecule has 0 unspecified atom stereocenters. The topological polar surface area (TPSA) is 113 Å². The molecule has 0 fully saturated rings. The third-order valence-corrected chi connectivity index (χ3v) is 5.49. The Morgan fingerprint density at radius 3 is 2.49 bits per heavy atom. The van der Waals surface area contributed by atoms with Crippen LogP contribution < -0.4 is 21.1 Å². The molecule has 5 aromatic rings. The SMILES string of the molecule is O=C(NNC(=O)c1cc(=O)[nH]c2ccccc12)c1ccc(COc2cccc3cccnc23)cc1. The molecule has 172 valence electrons. The molecule has 0 spiro atoms. The molecule has 0 bridgehead atoms. The van der Waals surface area contributed by atoms with Crippen molar-refractivity contribution in [2.45, 2.75) is 6.61 Å². The second-order valence-corrected chi connectivity index (χ2v) is 7.82. The van der Waals surface area contributed by atoms with Gasteiger partial charge in [-0.25, -0.2) is 0 Å². The van der Waals surface area contributed by atoms with Crippen LogP contribution in [0.1, 0.15) is 26.3 Å². The van der Waals surface area contributed by atoms with E-state index < -0.39 is 17.4 Å². The molecular formula is C27H20N4O4. The summed E-state index contributed by atoms with van der Waals surface area (Å²) in [5, 5.41) is 1.57. The highest BCUT2D eigenvalue weighted by atomic mass is 16.5. The number of benzene rings is 3. The number of aromatic amines is 1. The lowest BCUT2D eigenvalue weighted by atomic mass is 10.1. The second-order valence-electron chi connectivity index (χ2n) is 7.82. The maximum Gasteiger partial charge on any atom is 0.270 e. The van der Waals surface area contributed by atoms with Gasteiger partial charge in [-0.05, 0) is 35.9 Å². The van der Waals surface area contributed by atoms with Crippen LogP contribution in [0, 0.1) is 0 Å². The van der Waals surface area contributed by atoms with E-state index in [2.05, 4.69) is 20.8 Å². The van der Waals surface area contributed by atoms with Gasteiger partial charge in [0.2, 0.25) is 5.56 Å². The van der Waals surface area contributed by atoms with Crippen molar-refractivity contribution < 1.29 is 14.3 Å². The summed E-state index contributed by atoms with van der Waals surface area (Å²) in [6.45, 7) is 0.309. The normalized spacial score (nSPS) is 10.7. The van der Waals surface area contributed by atoms with E-state index in [4.69, 9.17) is 4.74 Å². The number of nitrogens with zero attached hydrogens (tertiary/aromatic N) is 1. The summed E-state index contributed by atoms with van der Waals surface area (Å²) in [7, 11) is 0. The van der Waals surface area contributed by atoms with Crippen LogP contribution in [0.5, 0.6) is 5.75 Å². The summed E-state index contributed by atoms with van der Waals surface area (Å²) in [6.07, 6.45) is 1.72. The zero-order chi connectivity index (χ0) is 24.2. The quantitative estimate of drug-likeness (QED) is 0.343. The van der Waals surface area contributed by atoms with Crippen molar-refractivity contribution in [1.29, 1.82) is 0 Å². The molecule has 0 aliphatic heterocycles. The highest BCUT2D eigenvalue weighted by Crippen LogP contribution is 2.24. The predicted octanol–water partition coefficient (Wildman–Crippen LogP) is 3.73. The Bertz CT molecular complexity index is 1600. The molecule has 0 radical (unpaired) electrons. The minimum atomic E-state index is -0.589. The Labute approximate surface area is 199 Å². The number of hydrazine groups is 1. The molecule has 0 aliphatic carbocycles. The van der Waals surface area contributed by atoms with Crippen molar-refractivity contribution >= 4 is 33.6 Å². The number of H-pyrrole nitrogens is 1. The molecule has 2 aromatic heterocycles. The molecule has 8 heteroatoms. The number of amides is 2. The number of fused-ring (bicyclic) bond motifs is 2. The summed E-state index contributed by atoms with van der Waals surface area (Å²) in [5.41, 5.74) is 7.07. The van der Waals surface area contributed by atoms with E-state index in [0.29, 0.717) is 28.8 Å². The molecule has 5 rings (SSSR count). The molecule has 3 N–H and O–H groups in total. The lowest BCUT2D eigenvalue weighted by Gasteiger charge is -2.10. The monoisotopic (exact) mass is 464 g/mol. The number of rotatable bonds is 5. The standard InChI is InChI=1S/C27H20N4O4/c32-24-15-21(20-7-1-2-8-22(20)29-24)27(34)31-30-26(33)19-12-10-17(11-13-19)16-35-23-9-3-5-18-6-4-14-28-25(18)23/h1-15H,16H2,(H,29,32)(H,30,33)(H,31,34). The fraction of sp³-hybridized carbons (Fsp3) is 0.0370. The van der Waals surface area contributed by atoms with Crippen LogP contribution in [0.4, 0.5) is 0 Å². The predicted molar refractivity (Wildman–Crippen MR) is 132 cm³/mol. The molecule has 0 saturated heterocycles. The van der Waals surface area contributed by atoms with Crippen molar-refractivity contribution in [3.63, 3.8) is 0 Å². The molecule has 8 nitrogen and oxygen atoms in total. The first-order valence-electron chi connectivity index (χ1n) is 10.9. The lowest BCUT2D eigenvalue weighted by Crippen LogP contribution is -2.42. The third kappa shape index (κ3) is 4.72. The van der Waals surface area contributed by atoms with Crippen LogP contribution in [-0.4, -0.2) is 21.8 Å². The zero-order valence-corrected chi connectivity index (χ0v) is 18.4. The van der Waals surface area contributed by atoms with Crippen molar-refractivity contribution in [2.24, 2.45) is 0 Å². The minimum absolute atomic E-state index is 0.167. The lowest BCUT2D eigenvalue weighted by molar-refractivity contribution is 0.0847. The average molecular weight is 464 g/mol. The number of pyridine rings is 2. The number of para-hydroxylation sites is 2. The highest BCUT2D eigenvalue weighted by Gasteiger charge is 2.13. The van der Waals surface area contributed by atoms with Crippen LogP contribution in [0.2, 0.25) is 0 Å². The van der Waals surface area contributed by atoms with E-state index in [1.165, 1.54) is 6.07 Å². The number of hydrogen-bond acceptors (Lipinski definition) is 5. The summed E-state index contributed by atoms with van der Waals surface area (Å²) in [5.74, 6) is -0.396. The largest absolute Gasteiger partial charge is 0.487 e. The van der Waals surface area contributed by atoms with Crippen LogP contribution in [0.25, 0.3) is 21.8 Å². The molecule has 35 heavy (non-hydrogen) atoms. The van der Waals surface area contributed by atoms with E-state index >= 15 is 0 Å². The first kappa shape index (κ1) is 21.8. The van der Waals surface area contributed by atoms with Gasteiger partial charge >= 0.3 is 0 Å². The van der Waals surface area contributed by atoms with Crippen LogP contribution >= 0.6 is 0 Å². The first-order valence-corrected chi connectivity index (χ1v) is 10.9. The van der Waals surface area contributed by atoms with E-state index in [1.54, 1.807) is 54.7 Å². The van der Waals surface area contributed by atoms with Crippen molar-refractivity contribution in [3.8, 4) is 5.75 Å². The highest BCUT2D eigenvalue weighted by molar-refractivity contribution is 6.07. The van der Waals surface area contributed by atoms with Gasteiger partial charge in [0.25, 0.3) is 11.8 Å². The van der Waals surface area contributed by atoms with Crippen molar-refractivity contribution in [2.75, 3.05) is 0 Å². The number of carbonyl (C=O) groups excluding carboxylic acids is 2. The Morgan fingerprint density at radius 1 is 0.857 bits per heavy atom. The average Bonchev–Trinajstić information content (AvgIpc) is 2.90. The molecular weight excluding hydrogens is 444 g/mol. The van der Waals surface area contributed by atoms with E-state index in [1.807, 2.05) is 30.3 Å². The van der Waals surface area contributed by atoms with Crippen LogP contribution in [0.15, 0.2) is 95.9 Å². The van der Waals surface area contributed by atoms with Crippen LogP contribution in [-0.2, 0) is 6.61 Å². The van der Waals surface area contributed by atoms with E-state index in [0.717, 1.165) is 16.5 Å². The van der Waals surface area contributed by atoms with Gasteiger partial charge in [-0.15, -0.1) is 0 Å². The Morgan fingerprint density at radius 2 is 1.63 bits per heavy atom. The van der Waals surface area contributed by atoms with Gasteiger partial charge in [-0.1, -0.05) is 48.5 Å². The number of carbonyl (C=O) groups is 2. The first-order chi connectivity index (χ1) is 17.1. The van der Waals surface area contributed by atoms with Gasteiger partial charge in [0, 0.05) is 34.1 Å². The molecule has 0 aliphatic rings. The number of hydrogen-bond donors (Lipinski definition) is 3. The summed E-state index contributed by atoms with van der Waals surface area (Å²) in [4.78, 5) is 44.1. The number of aromatic nitrogens is 2. The molecule has 0 atom stereocenters. The fourth-order valence-electron chi connectivity index (χ4n) is 3.75. The van der Waals surface area contributed by atoms with Crippen molar-refractivity contribution in [3.05, 3.63) is 118 Å². The Balaban J connectivity index is 1.22.